The summed E-state index contributed by atoms with van der Waals surface area (Å²) < 4.78 is 0. The van der Waals surface area contributed by atoms with E-state index in [0.29, 0.717) is 30.6 Å². The minimum Gasteiger partial charge on any atom is -0.393 e. The molecule has 2 amide bonds. The van der Waals surface area contributed by atoms with Gasteiger partial charge in [-0.15, -0.1) is 0 Å². The Morgan fingerprint density at radius 1 is 1.35 bits per heavy atom. The largest absolute Gasteiger partial charge is 0.393 e. The molecule has 110 valence electrons. The van der Waals surface area contributed by atoms with Gasteiger partial charge >= 0.3 is 0 Å². The van der Waals surface area contributed by atoms with E-state index in [-0.39, 0.29) is 11.3 Å². The van der Waals surface area contributed by atoms with Crippen LogP contribution in [0.4, 0.5) is 5.69 Å². The van der Waals surface area contributed by atoms with Gasteiger partial charge in [-0.1, -0.05) is 13.8 Å². The first-order valence-corrected chi connectivity index (χ1v) is 6.60. The summed E-state index contributed by atoms with van der Waals surface area (Å²) in [6.07, 6.45) is 0.818. The maximum absolute atomic E-state index is 12.0. The molecule has 5 heteroatoms. The lowest BCUT2D eigenvalue weighted by molar-refractivity contribution is -0.105. The zero-order chi connectivity index (χ0) is 15.2. The summed E-state index contributed by atoms with van der Waals surface area (Å²) in [5, 5.41) is 14.8. The van der Waals surface area contributed by atoms with Crippen molar-refractivity contribution in [3.8, 4) is 0 Å². The van der Waals surface area contributed by atoms with Crippen molar-refractivity contribution in [2.45, 2.75) is 33.3 Å². The van der Waals surface area contributed by atoms with Gasteiger partial charge in [0.2, 0.25) is 6.41 Å². The molecule has 20 heavy (non-hydrogen) atoms. The molecule has 1 aromatic rings. The van der Waals surface area contributed by atoms with Gasteiger partial charge in [-0.25, -0.2) is 0 Å². The van der Waals surface area contributed by atoms with Gasteiger partial charge in [0.1, 0.15) is 0 Å². The minimum atomic E-state index is -0.393. The second-order valence-corrected chi connectivity index (χ2v) is 5.74. The van der Waals surface area contributed by atoms with Gasteiger partial charge in [0.05, 0.1) is 6.10 Å². The summed E-state index contributed by atoms with van der Waals surface area (Å²) in [5.74, 6) is -0.165. The fourth-order valence-corrected chi connectivity index (χ4v) is 2.08. The van der Waals surface area contributed by atoms with Crippen molar-refractivity contribution in [2.24, 2.45) is 5.41 Å². The van der Waals surface area contributed by atoms with E-state index in [1.807, 2.05) is 13.8 Å². The lowest BCUT2D eigenvalue weighted by Gasteiger charge is -2.26. The van der Waals surface area contributed by atoms with Crippen LogP contribution in [-0.2, 0) is 4.79 Å². The third kappa shape index (κ3) is 5.40. The van der Waals surface area contributed by atoms with Crippen LogP contribution in [0.2, 0.25) is 0 Å². The molecule has 0 radical (unpaired) electrons. The molecular formula is C15H22N2O3. The van der Waals surface area contributed by atoms with Crippen LogP contribution in [0.5, 0.6) is 0 Å². The summed E-state index contributed by atoms with van der Waals surface area (Å²) >= 11 is 0. The molecule has 5 nitrogen and oxygen atoms in total. The number of amides is 2. The number of benzene rings is 1. The van der Waals surface area contributed by atoms with E-state index in [2.05, 4.69) is 10.6 Å². The zero-order valence-electron chi connectivity index (χ0n) is 12.1. The molecular weight excluding hydrogens is 256 g/mol. The molecule has 1 unspecified atom stereocenters. The van der Waals surface area contributed by atoms with E-state index >= 15 is 0 Å². The maximum Gasteiger partial charge on any atom is 0.251 e. The molecule has 1 rings (SSSR count). The second-order valence-electron chi connectivity index (χ2n) is 5.74. The van der Waals surface area contributed by atoms with E-state index in [0.717, 1.165) is 0 Å². The Morgan fingerprint density at radius 3 is 2.45 bits per heavy atom. The number of rotatable bonds is 7. The summed E-state index contributed by atoms with van der Waals surface area (Å²) in [6.45, 7) is 6.22. The predicted octanol–water partition coefficient (Wildman–Crippen LogP) is 1.78. The molecule has 0 spiro atoms. The van der Waals surface area contributed by atoms with Crippen LogP contribution in [0.25, 0.3) is 0 Å². The number of aliphatic hydroxyl groups excluding tert-OH is 1. The standard InChI is InChI=1S/C15H22N2O3/c1-11(19)8-15(2,3)9-16-14(20)12-4-6-13(7-5-12)17-10-18/h4-7,10-11,19H,8-9H2,1-3H3,(H,16,20)(H,17,18). The molecule has 1 atom stereocenters. The fraction of sp³-hybridized carbons (Fsp3) is 0.467. The van der Waals surface area contributed by atoms with Crippen molar-refractivity contribution in [2.75, 3.05) is 11.9 Å². The first-order chi connectivity index (χ1) is 9.34. The molecule has 0 saturated carbocycles. The van der Waals surface area contributed by atoms with E-state index in [4.69, 9.17) is 0 Å². The monoisotopic (exact) mass is 278 g/mol. The number of carbonyl (C=O) groups excluding carboxylic acids is 2. The number of hydrogen-bond acceptors (Lipinski definition) is 3. The first kappa shape index (κ1) is 16.2. The number of carbonyl (C=O) groups is 2. The molecule has 0 aliphatic rings. The van der Waals surface area contributed by atoms with Crippen molar-refractivity contribution in [3.05, 3.63) is 29.8 Å². The van der Waals surface area contributed by atoms with Crippen molar-refractivity contribution >= 4 is 18.0 Å². The van der Waals surface area contributed by atoms with Crippen LogP contribution in [-0.4, -0.2) is 30.1 Å². The van der Waals surface area contributed by atoms with Gasteiger partial charge in [-0.2, -0.15) is 0 Å². The van der Waals surface area contributed by atoms with Gasteiger partial charge in [-0.3, -0.25) is 9.59 Å². The third-order valence-corrected chi connectivity index (χ3v) is 2.95. The SMILES string of the molecule is CC(O)CC(C)(C)CNC(=O)c1ccc(NC=O)cc1. The minimum absolute atomic E-state index is 0.164. The van der Waals surface area contributed by atoms with Crippen LogP contribution < -0.4 is 10.6 Å². The Bertz CT molecular complexity index is 453. The molecule has 0 fully saturated rings. The Hall–Kier alpha value is -1.88. The lowest BCUT2D eigenvalue weighted by atomic mass is 9.87. The molecule has 0 aliphatic heterocycles. The molecule has 3 N–H and O–H groups in total. The molecule has 0 aromatic heterocycles. The molecule has 1 aromatic carbocycles. The number of aliphatic hydroxyl groups is 1. The van der Waals surface area contributed by atoms with Crippen molar-refractivity contribution in [1.29, 1.82) is 0 Å². The molecule has 0 heterocycles. The van der Waals surface area contributed by atoms with Crippen molar-refractivity contribution < 1.29 is 14.7 Å². The van der Waals surface area contributed by atoms with E-state index < -0.39 is 6.10 Å². The van der Waals surface area contributed by atoms with Crippen LogP contribution in [0.3, 0.4) is 0 Å². The van der Waals surface area contributed by atoms with Crippen LogP contribution >= 0.6 is 0 Å². The fourth-order valence-electron chi connectivity index (χ4n) is 2.08. The van der Waals surface area contributed by atoms with E-state index in [9.17, 15) is 14.7 Å². The highest BCUT2D eigenvalue weighted by Crippen LogP contribution is 2.21. The van der Waals surface area contributed by atoms with Gasteiger partial charge < -0.3 is 15.7 Å². The molecule has 0 aliphatic carbocycles. The Kier molecular flexibility index (Phi) is 5.70. The smallest absolute Gasteiger partial charge is 0.251 e. The predicted molar refractivity (Wildman–Crippen MR) is 78.5 cm³/mol. The van der Waals surface area contributed by atoms with Crippen molar-refractivity contribution in [3.63, 3.8) is 0 Å². The van der Waals surface area contributed by atoms with Crippen molar-refractivity contribution in [1.82, 2.24) is 5.32 Å². The first-order valence-electron chi connectivity index (χ1n) is 6.60. The average molecular weight is 278 g/mol. The molecule has 0 saturated heterocycles. The Balaban J connectivity index is 2.56. The van der Waals surface area contributed by atoms with Crippen LogP contribution in [0.1, 0.15) is 37.6 Å². The summed E-state index contributed by atoms with van der Waals surface area (Å²) in [6, 6.07) is 6.65. The van der Waals surface area contributed by atoms with Gasteiger partial charge in [0.25, 0.3) is 5.91 Å². The number of anilines is 1. The van der Waals surface area contributed by atoms with Gasteiger partial charge in [0.15, 0.2) is 0 Å². The summed E-state index contributed by atoms with van der Waals surface area (Å²) in [4.78, 5) is 22.3. The number of hydrogen-bond donors (Lipinski definition) is 3. The quantitative estimate of drug-likeness (QED) is 0.665. The summed E-state index contributed by atoms with van der Waals surface area (Å²) in [5.41, 5.74) is 1.02. The van der Waals surface area contributed by atoms with E-state index in [1.165, 1.54) is 0 Å². The summed E-state index contributed by atoms with van der Waals surface area (Å²) in [7, 11) is 0. The zero-order valence-corrected chi connectivity index (χ0v) is 12.1. The maximum atomic E-state index is 12.0. The molecule has 0 bridgehead atoms. The normalized spacial score (nSPS) is 12.6. The highest BCUT2D eigenvalue weighted by molar-refractivity contribution is 5.94. The topological polar surface area (TPSA) is 78.4 Å². The Morgan fingerprint density at radius 2 is 1.95 bits per heavy atom. The van der Waals surface area contributed by atoms with Gasteiger partial charge in [-0.05, 0) is 43.0 Å². The highest BCUT2D eigenvalue weighted by atomic mass is 16.3. The third-order valence-electron chi connectivity index (χ3n) is 2.95. The van der Waals surface area contributed by atoms with E-state index in [1.54, 1.807) is 31.2 Å². The lowest BCUT2D eigenvalue weighted by Crippen LogP contribution is -2.35. The highest BCUT2D eigenvalue weighted by Gasteiger charge is 2.21. The van der Waals surface area contributed by atoms with Crippen LogP contribution in [0.15, 0.2) is 24.3 Å². The Labute approximate surface area is 119 Å². The van der Waals surface area contributed by atoms with Gasteiger partial charge in [0, 0.05) is 17.8 Å². The average Bonchev–Trinajstić information content (AvgIpc) is 2.36. The second kappa shape index (κ2) is 7.05. The number of nitrogens with one attached hydrogen (secondary N) is 2. The van der Waals surface area contributed by atoms with Crippen LogP contribution in [0, 0.1) is 5.41 Å².